The Balaban J connectivity index is 2.81. The molecule has 0 aliphatic heterocycles. The van der Waals surface area contributed by atoms with Gasteiger partial charge >= 0.3 is 6.18 Å². The summed E-state index contributed by atoms with van der Waals surface area (Å²) < 4.78 is 43.0. The maximum Gasteiger partial charge on any atom is 0.417 e. The molecule has 0 aromatic heterocycles. The van der Waals surface area contributed by atoms with Crippen molar-refractivity contribution in [3.63, 3.8) is 0 Å². The molecule has 0 saturated carbocycles. The minimum absolute atomic E-state index is 0.0234. The van der Waals surface area contributed by atoms with Crippen LogP contribution in [0.1, 0.15) is 12.0 Å². The molecule has 112 valence electrons. The number of benzene rings is 1. The maximum absolute atomic E-state index is 12.7. The fraction of sp³-hybridized carbons (Fsp3) is 0.417. The molecule has 1 aromatic rings. The first-order valence-electron chi connectivity index (χ1n) is 5.67. The molecule has 0 aliphatic rings. The molecular weight excluding hydrogens is 341 g/mol. The van der Waals surface area contributed by atoms with Crippen molar-refractivity contribution in [1.82, 2.24) is 0 Å². The first-order valence-corrected chi connectivity index (χ1v) is 6.46. The zero-order valence-electron chi connectivity index (χ0n) is 10.6. The van der Waals surface area contributed by atoms with E-state index >= 15 is 0 Å². The number of nitrogens with one attached hydrogen (secondary N) is 1. The number of hydrogen-bond acceptors (Lipinski definition) is 3. The van der Waals surface area contributed by atoms with E-state index in [0.717, 1.165) is 6.07 Å². The van der Waals surface area contributed by atoms with Crippen LogP contribution in [0.4, 0.5) is 18.9 Å². The summed E-state index contributed by atoms with van der Waals surface area (Å²) in [5.41, 5.74) is 4.58. The van der Waals surface area contributed by atoms with E-state index in [1.165, 1.54) is 19.2 Å². The van der Waals surface area contributed by atoms with Crippen LogP contribution in [0.3, 0.4) is 0 Å². The number of carbonyl (C=O) groups is 1. The number of ether oxygens (including phenoxy) is 1. The molecule has 20 heavy (non-hydrogen) atoms. The number of rotatable bonds is 5. The molecule has 0 saturated heterocycles. The van der Waals surface area contributed by atoms with Crippen molar-refractivity contribution in [2.45, 2.75) is 18.7 Å². The van der Waals surface area contributed by atoms with E-state index in [1.807, 2.05) is 0 Å². The summed E-state index contributed by atoms with van der Waals surface area (Å²) >= 11 is 2.83. The summed E-state index contributed by atoms with van der Waals surface area (Å²) in [5.74, 6) is -0.460. The number of carbonyl (C=O) groups excluding carboxylic acids is 1. The number of methoxy groups -OCH3 is 1. The van der Waals surface area contributed by atoms with E-state index in [4.69, 9.17) is 10.5 Å². The molecule has 1 unspecified atom stereocenters. The molecule has 1 amide bonds. The summed E-state index contributed by atoms with van der Waals surface area (Å²) in [4.78, 5) is 11.6. The summed E-state index contributed by atoms with van der Waals surface area (Å²) in [6.45, 7) is 0.151. The van der Waals surface area contributed by atoms with Gasteiger partial charge in [-0.1, -0.05) is 15.9 Å². The normalized spacial score (nSPS) is 13.1. The fourth-order valence-electron chi connectivity index (χ4n) is 1.50. The fourth-order valence-corrected chi connectivity index (χ4v) is 1.97. The summed E-state index contributed by atoms with van der Waals surface area (Å²) in [7, 11) is 1.41. The maximum atomic E-state index is 12.7. The van der Waals surface area contributed by atoms with Crippen molar-refractivity contribution in [1.29, 1.82) is 0 Å². The predicted octanol–water partition coefficient (Wildman–Crippen LogP) is 2.77. The highest BCUT2D eigenvalue weighted by Gasteiger charge is 2.33. The van der Waals surface area contributed by atoms with Gasteiger partial charge in [-0.2, -0.15) is 13.2 Å². The Morgan fingerprint density at radius 3 is 2.65 bits per heavy atom. The molecule has 0 radical (unpaired) electrons. The second kappa shape index (κ2) is 7.05. The molecule has 0 heterocycles. The van der Waals surface area contributed by atoms with Gasteiger partial charge < -0.3 is 15.8 Å². The quantitative estimate of drug-likeness (QED) is 0.854. The van der Waals surface area contributed by atoms with Crippen LogP contribution in [0.2, 0.25) is 0 Å². The van der Waals surface area contributed by atoms with Crippen molar-refractivity contribution >= 4 is 27.5 Å². The van der Waals surface area contributed by atoms with Crippen LogP contribution < -0.4 is 11.1 Å². The van der Waals surface area contributed by atoms with Gasteiger partial charge in [0.25, 0.3) is 0 Å². The molecule has 0 spiro atoms. The zero-order valence-corrected chi connectivity index (χ0v) is 12.2. The van der Waals surface area contributed by atoms with Gasteiger partial charge in [-0.25, -0.2) is 0 Å². The number of alkyl halides is 3. The first-order chi connectivity index (χ1) is 9.27. The Hall–Kier alpha value is -1.12. The van der Waals surface area contributed by atoms with Crippen LogP contribution >= 0.6 is 15.9 Å². The molecular formula is C12H14BrF3N2O2. The van der Waals surface area contributed by atoms with E-state index in [9.17, 15) is 18.0 Å². The Kier molecular flexibility index (Phi) is 5.97. The molecule has 1 atom stereocenters. The summed E-state index contributed by atoms with van der Waals surface area (Å²) in [6.07, 6.45) is -4.98. The van der Waals surface area contributed by atoms with Crippen molar-refractivity contribution in [3.8, 4) is 0 Å². The standard InChI is InChI=1S/C12H14BrF3N2O2/c1-20-8(6-17)5-11(19)18-7-2-3-10(13)9(4-7)12(14,15)16/h2-4,8H,5-6,17H2,1H3,(H,18,19). The molecule has 3 N–H and O–H groups in total. The van der Waals surface area contributed by atoms with Gasteiger partial charge in [0.05, 0.1) is 18.1 Å². The average molecular weight is 355 g/mol. The van der Waals surface area contributed by atoms with Crippen LogP contribution in [0.5, 0.6) is 0 Å². The number of amides is 1. The van der Waals surface area contributed by atoms with E-state index < -0.39 is 23.8 Å². The van der Waals surface area contributed by atoms with Crippen molar-refractivity contribution in [2.24, 2.45) is 5.73 Å². The topological polar surface area (TPSA) is 64.3 Å². The van der Waals surface area contributed by atoms with Crippen LogP contribution in [0.25, 0.3) is 0 Å². The van der Waals surface area contributed by atoms with E-state index in [1.54, 1.807) is 0 Å². The minimum Gasteiger partial charge on any atom is -0.380 e. The third-order valence-electron chi connectivity index (χ3n) is 2.56. The monoisotopic (exact) mass is 354 g/mol. The molecule has 4 nitrogen and oxygen atoms in total. The van der Waals surface area contributed by atoms with E-state index in [2.05, 4.69) is 21.2 Å². The first kappa shape index (κ1) is 16.9. The third-order valence-corrected chi connectivity index (χ3v) is 3.26. The smallest absolute Gasteiger partial charge is 0.380 e. The molecule has 0 bridgehead atoms. The minimum atomic E-state index is -4.49. The van der Waals surface area contributed by atoms with Crippen LogP contribution in [-0.4, -0.2) is 25.7 Å². The molecule has 0 fully saturated rings. The van der Waals surface area contributed by atoms with E-state index in [0.29, 0.717) is 0 Å². The van der Waals surface area contributed by atoms with Gasteiger partial charge in [0, 0.05) is 23.8 Å². The molecule has 8 heteroatoms. The molecule has 1 aromatic carbocycles. The van der Waals surface area contributed by atoms with Crippen LogP contribution in [0, 0.1) is 0 Å². The molecule has 0 aliphatic carbocycles. The number of hydrogen-bond donors (Lipinski definition) is 2. The average Bonchev–Trinajstić information content (AvgIpc) is 2.37. The summed E-state index contributed by atoms with van der Waals surface area (Å²) in [5, 5.41) is 2.39. The lowest BCUT2D eigenvalue weighted by Gasteiger charge is -2.14. The number of nitrogens with two attached hydrogens (primary N) is 1. The second-order valence-corrected chi connectivity index (χ2v) is 4.89. The lowest BCUT2D eigenvalue weighted by molar-refractivity contribution is -0.138. The predicted molar refractivity (Wildman–Crippen MR) is 72.2 cm³/mol. The van der Waals surface area contributed by atoms with Gasteiger partial charge in [0.2, 0.25) is 5.91 Å². The Bertz CT molecular complexity index is 476. The highest BCUT2D eigenvalue weighted by Crippen LogP contribution is 2.36. The van der Waals surface area contributed by atoms with Crippen molar-refractivity contribution in [3.05, 3.63) is 28.2 Å². The largest absolute Gasteiger partial charge is 0.417 e. The third kappa shape index (κ3) is 4.77. The van der Waals surface area contributed by atoms with Gasteiger partial charge in [-0.15, -0.1) is 0 Å². The van der Waals surface area contributed by atoms with Crippen molar-refractivity contribution in [2.75, 3.05) is 19.0 Å². The lowest BCUT2D eigenvalue weighted by Crippen LogP contribution is -2.28. The summed E-state index contributed by atoms with van der Waals surface area (Å²) in [6, 6.07) is 3.48. The van der Waals surface area contributed by atoms with Gasteiger partial charge in [-0.3, -0.25) is 4.79 Å². The van der Waals surface area contributed by atoms with Crippen LogP contribution in [0.15, 0.2) is 22.7 Å². The highest BCUT2D eigenvalue weighted by atomic mass is 79.9. The number of anilines is 1. The van der Waals surface area contributed by atoms with Crippen molar-refractivity contribution < 1.29 is 22.7 Å². The second-order valence-electron chi connectivity index (χ2n) is 4.04. The number of halogens is 4. The van der Waals surface area contributed by atoms with Gasteiger partial charge in [0.1, 0.15) is 0 Å². The Morgan fingerprint density at radius 2 is 2.15 bits per heavy atom. The molecule has 1 rings (SSSR count). The van der Waals surface area contributed by atoms with Gasteiger partial charge in [0.15, 0.2) is 0 Å². The van der Waals surface area contributed by atoms with E-state index in [-0.39, 0.29) is 23.1 Å². The lowest BCUT2D eigenvalue weighted by atomic mass is 10.2. The zero-order chi connectivity index (χ0) is 15.3. The Labute approximate surface area is 122 Å². The van der Waals surface area contributed by atoms with Gasteiger partial charge in [-0.05, 0) is 18.2 Å². The highest BCUT2D eigenvalue weighted by molar-refractivity contribution is 9.10. The SMILES string of the molecule is COC(CN)CC(=O)Nc1ccc(Br)c(C(F)(F)F)c1. The Morgan fingerprint density at radius 1 is 1.50 bits per heavy atom. The van der Waals surface area contributed by atoms with Crippen LogP contribution in [-0.2, 0) is 15.7 Å².